The quantitative estimate of drug-likeness (QED) is 0.627. The summed E-state index contributed by atoms with van der Waals surface area (Å²) < 4.78 is 7.43. The number of hydrogen-bond acceptors (Lipinski definition) is 6. The number of phenolic OH excluding ortho intramolecular Hbond substituents is 1. The molecule has 0 bridgehead atoms. The molecule has 3 aromatic rings. The second kappa shape index (κ2) is 8.78. The molecule has 1 fully saturated rings. The first-order valence-corrected chi connectivity index (χ1v) is 11.1. The molecule has 170 valence electrons. The van der Waals surface area contributed by atoms with Gasteiger partial charge in [0.05, 0.1) is 28.0 Å². The van der Waals surface area contributed by atoms with E-state index in [9.17, 15) is 9.90 Å². The van der Waals surface area contributed by atoms with Crippen LogP contribution in [0.3, 0.4) is 0 Å². The number of rotatable bonds is 5. The van der Waals surface area contributed by atoms with Gasteiger partial charge in [-0.25, -0.2) is 9.67 Å². The Morgan fingerprint density at radius 2 is 2.00 bits per heavy atom. The third-order valence-electron chi connectivity index (χ3n) is 5.81. The molecule has 0 aliphatic carbocycles. The standard InChI is InChI=1S/C24H31N5O3/c1-14(2)29-23-19(15(3)27-29)22(25-17-9-11-32-12-10-17)20(24(31)28(4)5)21(26-23)16-7-6-8-18(30)13-16/h6-8,13-14,17,30H,9-12H2,1-5H3,(H,25,26). The summed E-state index contributed by atoms with van der Waals surface area (Å²) in [7, 11) is 3.48. The highest BCUT2D eigenvalue weighted by molar-refractivity contribution is 6.12. The van der Waals surface area contributed by atoms with Gasteiger partial charge in [-0.15, -0.1) is 0 Å². The number of hydrogen-bond donors (Lipinski definition) is 2. The topological polar surface area (TPSA) is 92.5 Å². The molecule has 0 radical (unpaired) electrons. The van der Waals surface area contributed by atoms with Crippen molar-refractivity contribution in [3.05, 3.63) is 35.5 Å². The molecular weight excluding hydrogens is 406 g/mol. The van der Waals surface area contributed by atoms with Crippen LogP contribution in [0.4, 0.5) is 5.69 Å². The molecule has 1 aliphatic rings. The van der Waals surface area contributed by atoms with Gasteiger partial charge in [0.1, 0.15) is 5.75 Å². The maximum absolute atomic E-state index is 13.5. The minimum atomic E-state index is -0.149. The monoisotopic (exact) mass is 437 g/mol. The van der Waals surface area contributed by atoms with E-state index in [1.165, 1.54) is 0 Å². The first-order chi connectivity index (χ1) is 15.3. The van der Waals surface area contributed by atoms with Crippen LogP contribution in [0.2, 0.25) is 0 Å². The molecule has 0 saturated carbocycles. The lowest BCUT2D eigenvalue weighted by atomic mass is 9.98. The molecule has 1 saturated heterocycles. The van der Waals surface area contributed by atoms with E-state index in [1.807, 2.05) is 17.7 Å². The number of aromatic hydroxyl groups is 1. The smallest absolute Gasteiger partial charge is 0.257 e. The van der Waals surface area contributed by atoms with Crippen LogP contribution in [0.15, 0.2) is 24.3 Å². The number of amides is 1. The summed E-state index contributed by atoms with van der Waals surface area (Å²) in [4.78, 5) is 20.0. The number of anilines is 1. The van der Waals surface area contributed by atoms with Gasteiger partial charge in [0.15, 0.2) is 5.65 Å². The van der Waals surface area contributed by atoms with Gasteiger partial charge < -0.3 is 20.1 Å². The Morgan fingerprint density at radius 1 is 1.28 bits per heavy atom. The third-order valence-corrected chi connectivity index (χ3v) is 5.81. The highest BCUT2D eigenvalue weighted by atomic mass is 16.5. The van der Waals surface area contributed by atoms with Crippen molar-refractivity contribution < 1.29 is 14.6 Å². The molecule has 2 N–H and O–H groups in total. The minimum Gasteiger partial charge on any atom is -0.508 e. The van der Waals surface area contributed by atoms with Crippen molar-refractivity contribution in [1.29, 1.82) is 0 Å². The predicted octanol–water partition coefficient (Wildman–Crippen LogP) is 3.99. The van der Waals surface area contributed by atoms with Gasteiger partial charge in [0.2, 0.25) is 0 Å². The Bertz CT molecular complexity index is 1150. The van der Waals surface area contributed by atoms with Crippen LogP contribution < -0.4 is 5.32 Å². The van der Waals surface area contributed by atoms with Gasteiger partial charge in [0, 0.05) is 45.0 Å². The van der Waals surface area contributed by atoms with Crippen LogP contribution >= 0.6 is 0 Å². The maximum atomic E-state index is 13.5. The normalized spacial score (nSPS) is 14.8. The van der Waals surface area contributed by atoms with Crippen molar-refractivity contribution in [2.75, 3.05) is 32.6 Å². The van der Waals surface area contributed by atoms with Crippen molar-refractivity contribution in [2.24, 2.45) is 0 Å². The number of pyridine rings is 1. The van der Waals surface area contributed by atoms with Crippen molar-refractivity contribution in [3.63, 3.8) is 0 Å². The summed E-state index contributed by atoms with van der Waals surface area (Å²) in [5.41, 5.74) is 4.01. The number of nitrogens with one attached hydrogen (secondary N) is 1. The number of carbonyl (C=O) groups is 1. The molecule has 8 heteroatoms. The molecule has 1 amide bonds. The summed E-state index contributed by atoms with van der Waals surface area (Å²) >= 11 is 0. The second-order valence-corrected chi connectivity index (χ2v) is 8.81. The van der Waals surface area contributed by atoms with Crippen LogP contribution in [0.5, 0.6) is 5.75 Å². The van der Waals surface area contributed by atoms with E-state index >= 15 is 0 Å². The predicted molar refractivity (Wildman–Crippen MR) is 125 cm³/mol. The lowest BCUT2D eigenvalue weighted by molar-refractivity contribution is 0.0828. The van der Waals surface area contributed by atoms with E-state index in [0.717, 1.165) is 35.3 Å². The van der Waals surface area contributed by atoms with E-state index < -0.39 is 0 Å². The summed E-state index contributed by atoms with van der Waals surface area (Å²) in [6.45, 7) is 7.45. The molecule has 2 aromatic heterocycles. The zero-order chi connectivity index (χ0) is 23.0. The first-order valence-electron chi connectivity index (χ1n) is 11.1. The number of phenols is 1. The van der Waals surface area contributed by atoms with Crippen LogP contribution in [-0.4, -0.2) is 64.0 Å². The molecule has 1 aliphatic heterocycles. The molecule has 4 rings (SSSR count). The zero-order valence-electron chi connectivity index (χ0n) is 19.3. The summed E-state index contributed by atoms with van der Waals surface area (Å²) in [5.74, 6) is -0.0239. The van der Waals surface area contributed by atoms with Crippen molar-refractivity contribution in [1.82, 2.24) is 19.7 Å². The molecule has 0 spiro atoms. The van der Waals surface area contributed by atoms with Crippen LogP contribution in [0, 0.1) is 6.92 Å². The average molecular weight is 438 g/mol. The van der Waals surface area contributed by atoms with Gasteiger partial charge in [-0.3, -0.25) is 4.79 Å². The lowest BCUT2D eigenvalue weighted by Crippen LogP contribution is -2.30. The van der Waals surface area contributed by atoms with Crippen molar-refractivity contribution in [2.45, 2.75) is 45.7 Å². The highest BCUT2D eigenvalue weighted by Gasteiger charge is 2.29. The maximum Gasteiger partial charge on any atom is 0.257 e. The number of nitrogens with zero attached hydrogens (tertiary/aromatic N) is 4. The Balaban J connectivity index is 2.06. The molecular formula is C24H31N5O3. The minimum absolute atomic E-state index is 0.0991. The number of aryl methyl sites for hydroxylation is 1. The van der Waals surface area contributed by atoms with Crippen LogP contribution in [0.25, 0.3) is 22.3 Å². The molecule has 8 nitrogen and oxygen atoms in total. The van der Waals surface area contributed by atoms with Gasteiger partial charge in [-0.1, -0.05) is 12.1 Å². The van der Waals surface area contributed by atoms with E-state index in [1.54, 1.807) is 37.2 Å². The van der Waals surface area contributed by atoms with Gasteiger partial charge in [-0.05, 0) is 45.7 Å². The molecule has 32 heavy (non-hydrogen) atoms. The number of ether oxygens (including phenoxy) is 1. The summed E-state index contributed by atoms with van der Waals surface area (Å²) in [6.07, 6.45) is 1.72. The lowest BCUT2D eigenvalue weighted by Gasteiger charge is -2.27. The fourth-order valence-electron chi connectivity index (χ4n) is 4.18. The second-order valence-electron chi connectivity index (χ2n) is 8.81. The summed E-state index contributed by atoms with van der Waals surface area (Å²) in [5, 5.41) is 19.4. The highest BCUT2D eigenvalue weighted by Crippen LogP contribution is 2.38. The van der Waals surface area contributed by atoms with E-state index in [0.29, 0.717) is 30.0 Å². The van der Waals surface area contributed by atoms with E-state index in [-0.39, 0.29) is 23.7 Å². The summed E-state index contributed by atoms with van der Waals surface area (Å²) in [6, 6.07) is 7.16. The Kier molecular flexibility index (Phi) is 6.06. The van der Waals surface area contributed by atoms with E-state index in [2.05, 4.69) is 19.2 Å². The number of benzene rings is 1. The van der Waals surface area contributed by atoms with Crippen molar-refractivity contribution >= 4 is 22.6 Å². The van der Waals surface area contributed by atoms with Crippen molar-refractivity contribution in [3.8, 4) is 17.0 Å². The van der Waals surface area contributed by atoms with Crippen LogP contribution in [-0.2, 0) is 4.74 Å². The van der Waals surface area contributed by atoms with Gasteiger partial charge in [0.25, 0.3) is 5.91 Å². The van der Waals surface area contributed by atoms with Gasteiger partial charge >= 0.3 is 0 Å². The SMILES string of the molecule is Cc1nn(C(C)C)c2nc(-c3cccc(O)c3)c(C(=O)N(C)C)c(NC3CCOCC3)c12. The van der Waals surface area contributed by atoms with Crippen LogP contribution in [0.1, 0.15) is 48.8 Å². The van der Waals surface area contributed by atoms with Gasteiger partial charge in [-0.2, -0.15) is 5.10 Å². The number of fused-ring (bicyclic) bond motifs is 1. The molecule has 1 aromatic carbocycles. The Labute approximate surface area is 188 Å². The fourth-order valence-corrected chi connectivity index (χ4v) is 4.18. The average Bonchev–Trinajstić information content (AvgIpc) is 3.10. The van der Waals surface area contributed by atoms with E-state index in [4.69, 9.17) is 14.8 Å². The third kappa shape index (κ3) is 4.02. The first kappa shape index (κ1) is 22.1. The molecule has 0 unspecified atom stereocenters. The Hall–Kier alpha value is -3.13. The molecule has 0 atom stereocenters. The number of carbonyl (C=O) groups excluding carboxylic acids is 1. The number of aromatic nitrogens is 3. The zero-order valence-corrected chi connectivity index (χ0v) is 19.3. The largest absolute Gasteiger partial charge is 0.508 e. The molecule has 3 heterocycles. The Morgan fingerprint density at radius 3 is 2.62 bits per heavy atom. The fraction of sp³-hybridized carbons (Fsp3) is 0.458.